The predicted octanol–water partition coefficient (Wildman–Crippen LogP) is 2.64. The Morgan fingerprint density at radius 3 is 2.40 bits per heavy atom. The topological polar surface area (TPSA) is 44.1 Å². The second kappa shape index (κ2) is 5.36. The number of carbonyl (C=O) groups is 1. The Labute approximate surface area is 112 Å². The molecule has 1 heterocycles. The minimum Gasteiger partial charge on any atom is -0.465 e. The molecule has 2 rings (SSSR count). The summed E-state index contributed by atoms with van der Waals surface area (Å²) in [4.78, 5) is 11.5. The standard InChI is InChI=1S/C13H11F3N2O2/c1-3-11-8(13(19)20-2)6-17-18(11)12-9(15)4-7(14)5-10(12)16/h4-6H,3H2,1-2H3. The summed E-state index contributed by atoms with van der Waals surface area (Å²) in [5.41, 5.74) is -0.141. The average molecular weight is 284 g/mol. The lowest BCUT2D eigenvalue weighted by atomic mass is 10.2. The quantitative estimate of drug-likeness (QED) is 0.814. The van der Waals surface area contributed by atoms with Crippen molar-refractivity contribution in [2.24, 2.45) is 0 Å². The first-order valence-electron chi connectivity index (χ1n) is 5.79. The number of methoxy groups -OCH3 is 1. The zero-order chi connectivity index (χ0) is 14.9. The van der Waals surface area contributed by atoms with Gasteiger partial charge in [-0.1, -0.05) is 6.92 Å². The third kappa shape index (κ3) is 2.26. The van der Waals surface area contributed by atoms with Crippen LogP contribution in [-0.4, -0.2) is 22.9 Å². The van der Waals surface area contributed by atoms with Crippen LogP contribution < -0.4 is 0 Å². The molecule has 0 unspecified atom stereocenters. The van der Waals surface area contributed by atoms with E-state index < -0.39 is 29.1 Å². The van der Waals surface area contributed by atoms with Gasteiger partial charge in [0.15, 0.2) is 11.6 Å². The molecule has 106 valence electrons. The molecule has 7 heteroatoms. The van der Waals surface area contributed by atoms with Crippen LogP contribution in [0.1, 0.15) is 23.0 Å². The van der Waals surface area contributed by atoms with Crippen molar-refractivity contribution in [2.75, 3.05) is 7.11 Å². The van der Waals surface area contributed by atoms with E-state index in [1.54, 1.807) is 6.92 Å². The van der Waals surface area contributed by atoms with Gasteiger partial charge in [-0.15, -0.1) is 0 Å². The van der Waals surface area contributed by atoms with Crippen molar-refractivity contribution in [3.8, 4) is 5.69 Å². The van der Waals surface area contributed by atoms with E-state index >= 15 is 0 Å². The maximum absolute atomic E-state index is 13.7. The molecular formula is C13H11F3N2O2. The fourth-order valence-corrected chi connectivity index (χ4v) is 1.92. The fraction of sp³-hybridized carbons (Fsp3) is 0.231. The molecule has 0 bridgehead atoms. The van der Waals surface area contributed by atoms with E-state index in [4.69, 9.17) is 0 Å². The molecule has 1 aromatic carbocycles. The highest BCUT2D eigenvalue weighted by Crippen LogP contribution is 2.22. The Morgan fingerprint density at radius 1 is 1.30 bits per heavy atom. The van der Waals surface area contributed by atoms with Gasteiger partial charge in [0, 0.05) is 12.1 Å². The molecule has 20 heavy (non-hydrogen) atoms. The van der Waals surface area contributed by atoms with Crippen LogP contribution in [-0.2, 0) is 11.2 Å². The number of hydrogen-bond acceptors (Lipinski definition) is 3. The molecule has 0 aliphatic rings. The van der Waals surface area contributed by atoms with Gasteiger partial charge in [-0.25, -0.2) is 22.6 Å². The molecule has 0 saturated heterocycles. The molecule has 0 saturated carbocycles. The number of ether oxygens (including phenoxy) is 1. The van der Waals surface area contributed by atoms with Crippen molar-refractivity contribution in [3.63, 3.8) is 0 Å². The van der Waals surface area contributed by atoms with Gasteiger partial charge >= 0.3 is 5.97 Å². The van der Waals surface area contributed by atoms with E-state index in [9.17, 15) is 18.0 Å². The Bertz CT molecular complexity index is 645. The lowest BCUT2D eigenvalue weighted by Crippen LogP contribution is -2.10. The third-order valence-corrected chi connectivity index (χ3v) is 2.80. The largest absolute Gasteiger partial charge is 0.465 e. The van der Waals surface area contributed by atoms with Crippen LogP contribution in [0.2, 0.25) is 0 Å². The number of benzene rings is 1. The van der Waals surface area contributed by atoms with Crippen LogP contribution in [0, 0.1) is 17.5 Å². The van der Waals surface area contributed by atoms with E-state index in [1.165, 1.54) is 7.11 Å². The lowest BCUT2D eigenvalue weighted by Gasteiger charge is -2.09. The van der Waals surface area contributed by atoms with Gasteiger partial charge in [0.1, 0.15) is 17.1 Å². The highest BCUT2D eigenvalue weighted by molar-refractivity contribution is 5.90. The second-order valence-corrected chi connectivity index (χ2v) is 3.98. The molecule has 0 aliphatic heterocycles. The highest BCUT2D eigenvalue weighted by Gasteiger charge is 2.22. The van der Waals surface area contributed by atoms with Gasteiger partial charge < -0.3 is 4.74 Å². The van der Waals surface area contributed by atoms with Crippen molar-refractivity contribution in [2.45, 2.75) is 13.3 Å². The Kier molecular flexibility index (Phi) is 3.78. The van der Waals surface area contributed by atoms with Crippen LogP contribution in [0.25, 0.3) is 5.69 Å². The summed E-state index contributed by atoms with van der Waals surface area (Å²) in [6.45, 7) is 1.69. The first-order valence-corrected chi connectivity index (χ1v) is 5.79. The fourth-order valence-electron chi connectivity index (χ4n) is 1.92. The minimum absolute atomic E-state index is 0.109. The summed E-state index contributed by atoms with van der Waals surface area (Å²) in [7, 11) is 1.19. The molecule has 0 aliphatic carbocycles. The zero-order valence-electron chi connectivity index (χ0n) is 10.8. The summed E-state index contributed by atoms with van der Waals surface area (Å²) in [6.07, 6.45) is 1.45. The minimum atomic E-state index is -1.10. The molecule has 0 fully saturated rings. The molecule has 0 spiro atoms. The van der Waals surface area contributed by atoms with Crippen LogP contribution in [0.3, 0.4) is 0 Å². The number of esters is 1. The average Bonchev–Trinajstić information content (AvgIpc) is 2.80. The van der Waals surface area contributed by atoms with Crippen molar-refractivity contribution in [3.05, 3.63) is 47.0 Å². The molecule has 0 radical (unpaired) electrons. The highest BCUT2D eigenvalue weighted by atomic mass is 19.1. The number of halogens is 3. The number of nitrogens with zero attached hydrogens (tertiary/aromatic N) is 2. The molecule has 1 aromatic heterocycles. The van der Waals surface area contributed by atoms with E-state index in [0.29, 0.717) is 18.6 Å². The molecular weight excluding hydrogens is 273 g/mol. The van der Waals surface area contributed by atoms with Crippen LogP contribution in [0.5, 0.6) is 0 Å². The smallest absolute Gasteiger partial charge is 0.341 e. The van der Waals surface area contributed by atoms with Crippen LogP contribution in [0.15, 0.2) is 18.3 Å². The first-order chi connectivity index (χ1) is 9.49. The molecule has 2 aromatic rings. The number of carbonyl (C=O) groups excluding carboxylic acids is 1. The number of aromatic nitrogens is 2. The van der Waals surface area contributed by atoms with E-state index in [-0.39, 0.29) is 11.3 Å². The van der Waals surface area contributed by atoms with E-state index in [0.717, 1.165) is 10.9 Å². The van der Waals surface area contributed by atoms with Crippen LogP contribution in [0.4, 0.5) is 13.2 Å². The van der Waals surface area contributed by atoms with Crippen molar-refractivity contribution in [1.82, 2.24) is 9.78 Å². The van der Waals surface area contributed by atoms with Gasteiger partial charge in [0.05, 0.1) is 19.0 Å². The lowest BCUT2D eigenvalue weighted by molar-refractivity contribution is 0.0599. The maximum Gasteiger partial charge on any atom is 0.341 e. The number of rotatable bonds is 3. The predicted molar refractivity (Wildman–Crippen MR) is 64.2 cm³/mol. The molecule has 0 N–H and O–H groups in total. The molecule has 0 atom stereocenters. The van der Waals surface area contributed by atoms with Gasteiger partial charge in [-0.3, -0.25) is 0 Å². The van der Waals surface area contributed by atoms with Crippen molar-refractivity contribution < 1.29 is 22.7 Å². The SMILES string of the molecule is CCc1c(C(=O)OC)cnn1-c1c(F)cc(F)cc1F. The molecule has 4 nitrogen and oxygen atoms in total. The maximum atomic E-state index is 13.7. The van der Waals surface area contributed by atoms with Crippen molar-refractivity contribution >= 4 is 5.97 Å². The van der Waals surface area contributed by atoms with Crippen molar-refractivity contribution in [1.29, 1.82) is 0 Å². The summed E-state index contributed by atoms with van der Waals surface area (Å²) in [5, 5.41) is 3.79. The monoisotopic (exact) mass is 284 g/mol. The summed E-state index contributed by atoms with van der Waals surface area (Å²) in [5.74, 6) is -3.88. The Morgan fingerprint density at radius 2 is 1.90 bits per heavy atom. The van der Waals surface area contributed by atoms with Crippen LogP contribution >= 0.6 is 0 Å². The normalized spacial score (nSPS) is 10.7. The Balaban J connectivity index is 2.65. The summed E-state index contributed by atoms with van der Waals surface area (Å²) in [6, 6.07) is 1.11. The second-order valence-electron chi connectivity index (χ2n) is 3.98. The summed E-state index contributed by atoms with van der Waals surface area (Å²) < 4.78 is 45.9. The van der Waals surface area contributed by atoms with Gasteiger partial charge in [-0.05, 0) is 6.42 Å². The third-order valence-electron chi connectivity index (χ3n) is 2.80. The first kappa shape index (κ1) is 14.1. The summed E-state index contributed by atoms with van der Waals surface area (Å²) >= 11 is 0. The number of hydrogen-bond donors (Lipinski definition) is 0. The van der Waals surface area contributed by atoms with Gasteiger partial charge in [0.25, 0.3) is 0 Å². The molecule has 0 amide bonds. The van der Waals surface area contributed by atoms with E-state index in [1.807, 2.05) is 0 Å². The van der Waals surface area contributed by atoms with Gasteiger partial charge in [-0.2, -0.15) is 5.10 Å². The zero-order valence-corrected chi connectivity index (χ0v) is 10.8. The Hall–Kier alpha value is -2.31. The van der Waals surface area contributed by atoms with Gasteiger partial charge in [0.2, 0.25) is 0 Å². The van der Waals surface area contributed by atoms with E-state index in [2.05, 4.69) is 9.84 Å².